The summed E-state index contributed by atoms with van der Waals surface area (Å²) in [5.41, 5.74) is 5.81. The molecule has 2 N–H and O–H groups in total. The van der Waals surface area contributed by atoms with Gasteiger partial charge in [-0.25, -0.2) is 0 Å². The number of hydrogen-bond acceptors (Lipinski definition) is 5. The lowest BCUT2D eigenvalue weighted by Crippen LogP contribution is -2.36. The van der Waals surface area contributed by atoms with E-state index in [1.165, 1.54) is 12.0 Å². The summed E-state index contributed by atoms with van der Waals surface area (Å²) >= 11 is 0. The highest BCUT2D eigenvalue weighted by Gasteiger charge is 2.42. The van der Waals surface area contributed by atoms with E-state index in [1.54, 1.807) is 24.8 Å². The fourth-order valence-corrected chi connectivity index (χ4v) is 3.61. The number of aromatic nitrogens is 7. The highest BCUT2D eigenvalue weighted by atomic mass is 15.1. The van der Waals surface area contributed by atoms with E-state index in [-0.39, 0.29) is 5.41 Å². The minimum atomic E-state index is -0.0388. The van der Waals surface area contributed by atoms with Crippen LogP contribution >= 0.6 is 0 Å². The average Bonchev–Trinajstić information content (AvgIpc) is 3.34. The number of hydrogen-bond donors (Lipinski definition) is 2. The van der Waals surface area contributed by atoms with Crippen molar-refractivity contribution in [1.82, 2.24) is 35.3 Å². The van der Waals surface area contributed by atoms with Gasteiger partial charge in [0.25, 0.3) is 0 Å². The van der Waals surface area contributed by atoms with Crippen molar-refractivity contribution in [1.29, 1.82) is 0 Å². The largest absolute Gasteiger partial charge is 0.285 e. The van der Waals surface area contributed by atoms with Crippen LogP contribution in [0.15, 0.2) is 55.4 Å². The number of rotatable bonds is 4. The van der Waals surface area contributed by atoms with E-state index in [0.29, 0.717) is 0 Å². The van der Waals surface area contributed by atoms with E-state index in [1.807, 2.05) is 18.5 Å². The molecule has 26 heavy (non-hydrogen) atoms. The molecule has 7 nitrogen and oxygen atoms in total. The van der Waals surface area contributed by atoms with Crippen molar-refractivity contribution in [2.45, 2.75) is 24.7 Å². The lowest BCUT2D eigenvalue weighted by Gasteiger charge is -2.41. The Morgan fingerprint density at radius 2 is 1.88 bits per heavy atom. The van der Waals surface area contributed by atoms with Gasteiger partial charge in [-0.1, -0.05) is 12.5 Å². The molecule has 1 aliphatic carbocycles. The molecular formula is C19H17N7. The average molecular weight is 343 g/mol. The molecule has 0 amide bonds. The van der Waals surface area contributed by atoms with Crippen LogP contribution in [0.25, 0.3) is 22.6 Å². The van der Waals surface area contributed by atoms with Crippen molar-refractivity contribution in [2.24, 2.45) is 0 Å². The third kappa shape index (κ3) is 2.32. The van der Waals surface area contributed by atoms with Crippen LogP contribution in [0.3, 0.4) is 0 Å². The molecule has 7 heteroatoms. The van der Waals surface area contributed by atoms with Crippen LogP contribution in [-0.2, 0) is 5.41 Å². The number of pyridine rings is 1. The quantitative estimate of drug-likeness (QED) is 0.593. The van der Waals surface area contributed by atoms with E-state index < -0.39 is 0 Å². The van der Waals surface area contributed by atoms with E-state index >= 15 is 0 Å². The maximum absolute atomic E-state index is 4.63. The summed E-state index contributed by atoms with van der Waals surface area (Å²) in [5.74, 6) is 0. The highest BCUT2D eigenvalue weighted by Crippen LogP contribution is 2.48. The number of nitrogens with one attached hydrogen (secondary N) is 2. The first kappa shape index (κ1) is 14.9. The first-order valence-electron chi connectivity index (χ1n) is 8.63. The number of H-pyrrole nitrogens is 2. The van der Waals surface area contributed by atoms with Gasteiger partial charge in [0.15, 0.2) is 0 Å². The standard InChI is InChI=1S/C19H17N7/c1-4-19(5-1,18-8-16(25-26-18)13-9-23-24-10-13)14-2-3-15(22-11-14)17-12-20-6-7-21-17/h2-3,6-12H,1,4-5H2,(H,23,24)(H,25,26). The molecule has 0 unspecified atom stereocenters. The second kappa shape index (κ2) is 5.87. The molecule has 0 spiro atoms. The van der Waals surface area contributed by atoms with Crippen LogP contribution in [0, 0.1) is 0 Å². The summed E-state index contributed by atoms with van der Waals surface area (Å²) in [5, 5.41) is 14.5. The fraction of sp³-hybridized carbons (Fsp3) is 0.211. The molecule has 5 rings (SSSR count). The summed E-state index contributed by atoms with van der Waals surface area (Å²) < 4.78 is 0. The number of nitrogens with zero attached hydrogens (tertiary/aromatic N) is 5. The Balaban J connectivity index is 1.49. The Hall–Kier alpha value is -3.35. The van der Waals surface area contributed by atoms with Crippen molar-refractivity contribution in [2.75, 3.05) is 0 Å². The van der Waals surface area contributed by atoms with Gasteiger partial charge < -0.3 is 0 Å². The Bertz CT molecular complexity index is 1000. The summed E-state index contributed by atoms with van der Waals surface area (Å²) in [6.45, 7) is 0. The Morgan fingerprint density at radius 1 is 0.923 bits per heavy atom. The molecule has 0 bridgehead atoms. The molecule has 0 atom stereocenters. The van der Waals surface area contributed by atoms with Crippen LogP contribution in [0.2, 0.25) is 0 Å². The third-order valence-corrected chi connectivity index (χ3v) is 5.24. The molecule has 0 radical (unpaired) electrons. The molecule has 4 aromatic heterocycles. The Labute approximate surface area is 150 Å². The SMILES string of the molecule is c1cnc(-c2ccc(C3(c4cc(-c5cn[nH]c5)n[nH]4)CCC3)cn2)cn1. The molecule has 0 saturated heterocycles. The first-order chi connectivity index (χ1) is 12.9. The van der Waals surface area contributed by atoms with Gasteiger partial charge in [0.1, 0.15) is 5.69 Å². The lowest BCUT2D eigenvalue weighted by molar-refractivity contribution is 0.292. The summed E-state index contributed by atoms with van der Waals surface area (Å²) in [6, 6.07) is 6.29. The minimum absolute atomic E-state index is 0.0388. The van der Waals surface area contributed by atoms with E-state index in [2.05, 4.69) is 47.5 Å². The molecule has 1 saturated carbocycles. The first-order valence-corrected chi connectivity index (χ1v) is 8.63. The molecular weight excluding hydrogens is 326 g/mol. The van der Waals surface area contributed by atoms with Gasteiger partial charge in [0.05, 0.1) is 23.8 Å². The van der Waals surface area contributed by atoms with Gasteiger partial charge in [0, 0.05) is 41.5 Å². The zero-order valence-electron chi connectivity index (χ0n) is 14.1. The van der Waals surface area contributed by atoms with Crippen LogP contribution < -0.4 is 0 Å². The van der Waals surface area contributed by atoms with Crippen molar-refractivity contribution >= 4 is 0 Å². The predicted octanol–water partition coefficient (Wildman–Crippen LogP) is 3.12. The zero-order valence-corrected chi connectivity index (χ0v) is 14.1. The summed E-state index contributed by atoms with van der Waals surface area (Å²) in [4.78, 5) is 13.1. The summed E-state index contributed by atoms with van der Waals surface area (Å²) in [6.07, 6.45) is 14.0. The van der Waals surface area contributed by atoms with Crippen molar-refractivity contribution < 1.29 is 0 Å². The predicted molar refractivity (Wildman–Crippen MR) is 96.1 cm³/mol. The minimum Gasteiger partial charge on any atom is -0.285 e. The van der Waals surface area contributed by atoms with Gasteiger partial charge in [-0.2, -0.15) is 10.2 Å². The van der Waals surface area contributed by atoms with Crippen LogP contribution in [0.4, 0.5) is 0 Å². The van der Waals surface area contributed by atoms with Gasteiger partial charge in [-0.3, -0.25) is 25.1 Å². The molecule has 0 aromatic carbocycles. The molecule has 4 heterocycles. The van der Waals surface area contributed by atoms with Crippen LogP contribution in [0.5, 0.6) is 0 Å². The van der Waals surface area contributed by atoms with E-state index in [0.717, 1.165) is 41.2 Å². The Kier molecular flexibility index (Phi) is 3.38. The third-order valence-electron chi connectivity index (χ3n) is 5.24. The molecule has 1 fully saturated rings. The van der Waals surface area contributed by atoms with E-state index in [9.17, 15) is 0 Å². The highest BCUT2D eigenvalue weighted by molar-refractivity contribution is 5.59. The van der Waals surface area contributed by atoms with E-state index in [4.69, 9.17) is 0 Å². The maximum Gasteiger partial charge on any atom is 0.107 e. The molecule has 4 aromatic rings. The smallest absolute Gasteiger partial charge is 0.107 e. The maximum atomic E-state index is 4.63. The van der Waals surface area contributed by atoms with Gasteiger partial charge in [-0.15, -0.1) is 0 Å². The van der Waals surface area contributed by atoms with Crippen LogP contribution in [0.1, 0.15) is 30.5 Å². The van der Waals surface area contributed by atoms with Gasteiger partial charge in [0.2, 0.25) is 0 Å². The van der Waals surface area contributed by atoms with Crippen molar-refractivity contribution in [3.8, 4) is 22.6 Å². The van der Waals surface area contributed by atoms with Gasteiger partial charge >= 0.3 is 0 Å². The molecule has 0 aliphatic heterocycles. The lowest BCUT2D eigenvalue weighted by atomic mass is 9.63. The van der Waals surface area contributed by atoms with Crippen molar-refractivity contribution in [3.05, 3.63) is 66.6 Å². The molecule has 1 aliphatic rings. The topological polar surface area (TPSA) is 96.0 Å². The second-order valence-electron chi connectivity index (χ2n) is 6.61. The monoisotopic (exact) mass is 343 g/mol. The van der Waals surface area contributed by atoms with Gasteiger partial charge in [-0.05, 0) is 30.5 Å². The molecule has 128 valence electrons. The van der Waals surface area contributed by atoms with Crippen molar-refractivity contribution in [3.63, 3.8) is 0 Å². The second-order valence-corrected chi connectivity index (χ2v) is 6.61. The number of aromatic amines is 2. The van der Waals surface area contributed by atoms with Crippen LogP contribution in [-0.4, -0.2) is 35.3 Å². The zero-order chi connectivity index (χ0) is 17.4. The Morgan fingerprint density at radius 3 is 2.54 bits per heavy atom. The fourth-order valence-electron chi connectivity index (χ4n) is 3.61. The normalized spacial score (nSPS) is 15.5. The summed E-state index contributed by atoms with van der Waals surface area (Å²) in [7, 11) is 0.